The zero-order chi connectivity index (χ0) is 13.4. The van der Waals surface area contributed by atoms with E-state index in [1.807, 2.05) is 30.0 Å². The molecule has 1 amide bonds. The van der Waals surface area contributed by atoms with Crippen LogP contribution in [0.5, 0.6) is 0 Å². The highest BCUT2D eigenvalue weighted by molar-refractivity contribution is 6.31. The lowest BCUT2D eigenvalue weighted by molar-refractivity contribution is 0.0737. The first-order valence-electron chi connectivity index (χ1n) is 6.44. The average molecular weight is 314 g/mol. The molecule has 0 atom stereocenters. The Balaban J connectivity index is 0.00000147. The molecule has 2 heterocycles. The predicted molar refractivity (Wildman–Crippen MR) is 84.1 cm³/mol. The van der Waals surface area contributed by atoms with Crippen molar-refractivity contribution in [1.82, 2.24) is 15.2 Å². The summed E-state index contributed by atoms with van der Waals surface area (Å²) in [5.41, 5.74) is 2.61. The Morgan fingerprint density at radius 3 is 2.70 bits per heavy atom. The minimum atomic E-state index is 0. The smallest absolute Gasteiger partial charge is 0.256 e. The Labute approximate surface area is 128 Å². The number of hydrogen-bond donors (Lipinski definition) is 2. The molecule has 4 nitrogen and oxygen atoms in total. The number of halogens is 2. The van der Waals surface area contributed by atoms with E-state index >= 15 is 0 Å². The number of aryl methyl sites for hydroxylation is 1. The number of rotatable bonds is 1. The number of piperazine rings is 1. The molecule has 2 N–H and O–H groups in total. The number of nitrogens with one attached hydrogen (secondary N) is 2. The molecule has 0 bridgehead atoms. The summed E-state index contributed by atoms with van der Waals surface area (Å²) in [6, 6.07) is 5.61. The molecule has 20 heavy (non-hydrogen) atoms. The minimum absolute atomic E-state index is 0. The predicted octanol–water partition coefficient (Wildman–Crippen LogP) is 2.60. The maximum atomic E-state index is 12.6. The second-order valence-electron chi connectivity index (χ2n) is 4.86. The molecule has 0 unspecified atom stereocenters. The topological polar surface area (TPSA) is 48.1 Å². The van der Waals surface area contributed by atoms with Crippen molar-refractivity contribution >= 4 is 40.8 Å². The highest BCUT2D eigenvalue weighted by Crippen LogP contribution is 2.26. The van der Waals surface area contributed by atoms with Gasteiger partial charge in [0, 0.05) is 47.8 Å². The van der Waals surface area contributed by atoms with Crippen molar-refractivity contribution in [3.8, 4) is 0 Å². The normalized spacial score (nSPS) is 15.2. The van der Waals surface area contributed by atoms with E-state index in [-0.39, 0.29) is 18.3 Å². The van der Waals surface area contributed by atoms with Crippen molar-refractivity contribution < 1.29 is 4.79 Å². The largest absolute Gasteiger partial charge is 0.358 e. The number of carbonyl (C=O) groups excluding carboxylic acids is 1. The van der Waals surface area contributed by atoms with E-state index in [1.54, 1.807) is 0 Å². The third-order valence-electron chi connectivity index (χ3n) is 3.57. The minimum Gasteiger partial charge on any atom is -0.358 e. The molecule has 0 saturated carbocycles. The van der Waals surface area contributed by atoms with Gasteiger partial charge in [0.2, 0.25) is 0 Å². The molecule has 0 radical (unpaired) electrons. The van der Waals surface area contributed by atoms with Gasteiger partial charge in [-0.25, -0.2) is 0 Å². The van der Waals surface area contributed by atoms with Crippen molar-refractivity contribution in [3.05, 3.63) is 34.5 Å². The maximum absolute atomic E-state index is 12.6. The first kappa shape index (κ1) is 15.2. The van der Waals surface area contributed by atoms with Gasteiger partial charge in [0.15, 0.2) is 0 Å². The molecule has 6 heteroatoms. The lowest BCUT2D eigenvalue weighted by Gasteiger charge is -2.27. The average Bonchev–Trinajstić information content (AvgIpc) is 2.74. The highest BCUT2D eigenvalue weighted by Gasteiger charge is 2.23. The van der Waals surface area contributed by atoms with Crippen LogP contribution in [0.4, 0.5) is 0 Å². The molecule has 1 aromatic carbocycles. The van der Waals surface area contributed by atoms with Gasteiger partial charge in [-0.15, -0.1) is 12.4 Å². The van der Waals surface area contributed by atoms with E-state index in [1.165, 1.54) is 0 Å². The SMILES string of the molecule is Cc1[nH]c2ccc(Cl)cc2c1C(=O)N1CCNCC1.Cl. The van der Waals surface area contributed by atoms with E-state index in [9.17, 15) is 4.79 Å². The summed E-state index contributed by atoms with van der Waals surface area (Å²) in [6.45, 7) is 5.15. The second-order valence-corrected chi connectivity index (χ2v) is 5.29. The number of aromatic nitrogens is 1. The summed E-state index contributed by atoms with van der Waals surface area (Å²) in [4.78, 5) is 17.8. The Morgan fingerprint density at radius 2 is 2.00 bits per heavy atom. The monoisotopic (exact) mass is 313 g/mol. The molecule has 0 spiro atoms. The van der Waals surface area contributed by atoms with Crippen LogP contribution in [0.25, 0.3) is 10.9 Å². The molecular formula is C14H17Cl2N3O. The van der Waals surface area contributed by atoms with E-state index < -0.39 is 0 Å². The Bertz CT molecular complexity index is 633. The number of carbonyl (C=O) groups is 1. The van der Waals surface area contributed by atoms with Crippen LogP contribution in [0.1, 0.15) is 16.1 Å². The third-order valence-corrected chi connectivity index (χ3v) is 3.80. The molecule has 1 fully saturated rings. The van der Waals surface area contributed by atoms with Crippen LogP contribution in [-0.4, -0.2) is 42.0 Å². The quantitative estimate of drug-likeness (QED) is 0.850. The Hall–Kier alpha value is -1.23. The third kappa shape index (κ3) is 2.64. The summed E-state index contributed by atoms with van der Waals surface area (Å²) in [5.74, 6) is 0.0903. The molecule has 1 aliphatic rings. The fraction of sp³-hybridized carbons (Fsp3) is 0.357. The summed E-state index contributed by atoms with van der Waals surface area (Å²) < 4.78 is 0. The fourth-order valence-corrected chi connectivity index (χ4v) is 2.77. The van der Waals surface area contributed by atoms with Crippen LogP contribution >= 0.6 is 24.0 Å². The summed E-state index contributed by atoms with van der Waals surface area (Å²) in [5, 5.41) is 4.82. The van der Waals surface area contributed by atoms with Gasteiger partial charge >= 0.3 is 0 Å². The first-order chi connectivity index (χ1) is 9.16. The summed E-state index contributed by atoms with van der Waals surface area (Å²) >= 11 is 6.04. The van der Waals surface area contributed by atoms with Crippen molar-refractivity contribution in [2.75, 3.05) is 26.2 Å². The van der Waals surface area contributed by atoms with Crippen molar-refractivity contribution in [2.24, 2.45) is 0 Å². The number of H-pyrrole nitrogens is 1. The van der Waals surface area contributed by atoms with Gasteiger partial charge in [0.1, 0.15) is 0 Å². The number of benzene rings is 1. The number of amides is 1. The standard InChI is InChI=1S/C14H16ClN3O.ClH/c1-9-13(14(19)18-6-4-16-5-7-18)11-8-10(15)2-3-12(11)17-9;/h2-3,8,16-17H,4-7H2,1H3;1H. The van der Waals surface area contributed by atoms with Crippen LogP contribution < -0.4 is 5.32 Å². The first-order valence-corrected chi connectivity index (χ1v) is 6.82. The van der Waals surface area contributed by atoms with Gasteiger partial charge < -0.3 is 15.2 Å². The van der Waals surface area contributed by atoms with Gasteiger partial charge in [-0.1, -0.05) is 11.6 Å². The van der Waals surface area contributed by atoms with Gasteiger partial charge in [-0.3, -0.25) is 4.79 Å². The van der Waals surface area contributed by atoms with E-state index in [0.717, 1.165) is 48.3 Å². The second kappa shape index (κ2) is 6.04. The Morgan fingerprint density at radius 1 is 1.30 bits per heavy atom. The Kier molecular flexibility index (Phi) is 4.58. The van der Waals surface area contributed by atoms with Crippen molar-refractivity contribution in [3.63, 3.8) is 0 Å². The molecule has 1 aliphatic heterocycles. The number of hydrogen-bond acceptors (Lipinski definition) is 2. The van der Waals surface area contributed by atoms with Crippen LogP contribution in [0.3, 0.4) is 0 Å². The maximum Gasteiger partial charge on any atom is 0.256 e. The molecular weight excluding hydrogens is 297 g/mol. The molecule has 1 saturated heterocycles. The van der Waals surface area contributed by atoms with Gasteiger partial charge in [-0.05, 0) is 25.1 Å². The molecule has 108 valence electrons. The number of aromatic amines is 1. The molecule has 2 aromatic rings. The van der Waals surface area contributed by atoms with Crippen LogP contribution in [0.2, 0.25) is 5.02 Å². The molecule has 0 aliphatic carbocycles. The van der Waals surface area contributed by atoms with Crippen LogP contribution in [0.15, 0.2) is 18.2 Å². The van der Waals surface area contributed by atoms with E-state index in [0.29, 0.717) is 5.02 Å². The zero-order valence-electron chi connectivity index (χ0n) is 11.2. The van der Waals surface area contributed by atoms with Gasteiger partial charge in [-0.2, -0.15) is 0 Å². The van der Waals surface area contributed by atoms with Gasteiger partial charge in [0.05, 0.1) is 5.56 Å². The van der Waals surface area contributed by atoms with Crippen molar-refractivity contribution in [1.29, 1.82) is 0 Å². The summed E-state index contributed by atoms with van der Waals surface area (Å²) in [6.07, 6.45) is 0. The number of fused-ring (bicyclic) bond motifs is 1. The van der Waals surface area contributed by atoms with Crippen molar-refractivity contribution in [2.45, 2.75) is 6.92 Å². The van der Waals surface area contributed by atoms with Crippen LogP contribution in [-0.2, 0) is 0 Å². The zero-order valence-corrected chi connectivity index (χ0v) is 12.8. The van der Waals surface area contributed by atoms with E-state index in [2.05, 4.69) is 10.3 Å². The molecule has 3 rings (SSSR count). The highest BCUT2D eigenvalue weighted by atomic mass is 35.5. The van der Waals surface area contributed by atoms with E-state index in [4.69, 9.17) is 11.6 Å². The lowest BCUT2D eigenvalue weighted by atomic mass is 10.1. The van der Waals surface area contributed by atoms with Crippen LogP contribution in [0, 0.1) is 6.92 Å². The fourth-order valence-electron chi connectivity index (χ4n) is 2.60. The van der Waals surface area contributed by atoms with Gasteiger partial charge in [0.25, 0.3) is 5.91 Å². The molecule has 1 aromatic heterocycles. The lowest BCUT2D eigenvalue weighted by Crippen LogP contribution is -2.46. The summed E-state index contributed by atoms with van der Waals surface area (Å²) in [7, 11) is 0. The number of nitrogens with zero attached hydrogens (tertiary/aromatic N) is 1.